The molecule has 24 heavy (non-hydrogen) atoms. The third kappa shape index (κ3) is 5.38. The summed E-state index contributed by atoms with van der Waals surface area (Å²) in [6.45, 7) is 0. The molecule has 0 aliphatic carbocycles. The second-order valence-corrected chi connectivity index (χ2v) is 3.39. The van der Waals surface area contributed by atoms with Crippen molar-refractivity contribution in [2.45, 2.75) is 0 Å². The Hall–Kier alpha value is -1.27. The molecule has 0 saturated heterocycles. The van der Waals surface area contributed by atoms with Crippen LogP contribution in [-0.2, 0) is 33.0 Å². The zero-order chi connectivity index (χ0) is 17.2. The molecule has 2 aromatic carbocycles. The van der Waals surface area contributed by atoms with Crippen molar-refractivity contribution < 1.29 is 76.9 Å². The summed E-state index contributed by atoms with van der Waals surface area (Å²) in [5.74, 6) is -20.1. The number of benzene rings is 2. The molecule has 0 aromatic heterocycles. The van der Waals surface area contributed by atoms with Crippen LogP contribution in [0.3, 0.4) is 0 Å². The number of hydrogen-bond donors (Lipinski definition) is 0. The van der Waals surface area contributed by atoms with Gasteiger partial charge in [-0.1, -0.05) is 0 Å². The van der Waals surface area contributed by atoms with Gasteiger partial charge in [0.05, 0.1) is 58.2 Å². The van der Waals surface area contributed by atoms with Crippen LogP contribution in [0.2, 0.25) is 0 Å². The Morgan fingerprint density at radius 2 is 0.500 bits per heavy atom. The maximum absolute atomic E-state index is 12.0. The smallest absolute Gasteiger partial charge is 0.0893 e. The van der Waals surface area contributed by atoms with Crippen LogP contribution < -0.4 is 0 Å². The second-order valence-electron chi connectivity index (χ2n) is 3.39. The average molecular weight is 451 g/mol. The van der Waals surface area contributed by atoms with Crippen LogP contribution in [0, 0.1) is 70.3 Å². The molecular formula is C12F10Ni2-2. The molecule has 0 bridgehead atoms. The van der Waals surface area contributed by atoms with Crippen LogP contribution >= 0.6 is 0 Å². The zero-order valence-corrected chi connectivity index (χ0v) is 12.4. The van der Waals surface area contributed by atoms with E-state index in [1.165, 1.54) is 0 Å². The van der Waals surface area contributed by atoms with Crippen molar-refractivity contribution in [3.05, 3.63) is 70.3 Å². The first-order valence-electron chi connectivity index (χ1n) is 4.89. The fourth-order valence-corrected chi connectivity index (χ4v) is 0.990. The van der Waals surface area contributed by atoms with Crippen LogP contribution in [0.25, 0.3) is 0 Å². The standard InChI is InChI=1S/2C6F5.2Ni/c2*7-2-1-3(8)5(10)6(11)4(2)9;;/q2*-1;;. The monoisotopic (exact) mass is 450 g/mol. The Labute approximate surface area is 147 Å². The number of rotatable bonds is 0. The number of hydrogen-bond acceptors (Lipinski definition) is 0. The maximum atomic E-state index is 12.0. The number of halogens is 10. The van der Waals surface area contributed by atoms with Gasteiger partial charge in [0.15, 0.2) is 0 Å². The minimum absolute atomic E-state index is 0. The maximum Gasteiger partial charge on any atom is 0.0893 e. The molecule has 0 aliphatic heterocycles. The molecule has 0 amide bonds. The molecule has 0 N–H and O–H groups in total. The van der Waals surface area contributed by atoms with Crippen LogP contribution in [-0.4, -0.2) is 0 Å². The Morgan fingerprint density at radius 1 is 0.333 bits per heavy atom. The molecule has 0 aliphatic rings. The molecule has 12 heteroatoms. The van der Waals surface area contributed by atoms with E-state index in [0.717, 1.165) is 12.1 Å². The minimum atomic E-state index is -2.17. The largest absolute Gasteiger partial charge is 0.278 e. The summed E-state index contributed by atoms with van der Waals surface area (Å²) >= 11 is 0. The topological polar surface area (TPSA) is 0 Å². The minimum Gasteiger partial charge on any atom is -0.278 e. The van der Waals surface area contributed by atoms with Gasteiger partial charge in [0, 0.05) is 33.0 Å². The average Bonchev–Trinajstić information content (AvgIpc) is 2.47. The van der Waals surface area contributed by atoms with Crippen molar-refractivity contribution in [2.24, 2.45) is 0 Å². The zero-order valence-electron chi connectivity index (χ0n) is 10.4. The van der Waals surface area contributed by atoms with E-state index >= 15 is 0 Å². The van der Waals surface area contributed by atoms with Crippen molar-refractivity contribution >= 4 is 0 Å². The molecule has 0 atom stereocenters. The van der Waals surface area contributed by atoms with Crippen LogP contribution in [0.5, 0.6) is 0 Å². The first-order chi connectivity index (χ1) is 10.1. The van der Waals surface area contributed by atoms with Crippen LogP contribution in [0.4, 0.5) is 43.9 Å². The molecule has 0 unspecified atom stereocenters. The van der Waals surface area contributed by atoms with Gasteiger partial charge in [-0.2, -0.15) is 0 Å². The molecule has 140 valence electrons. The summed E-state index contributed by atoms with van der Waals surface area (Å²) < 4.78 is 120. The molecule has 0 fully saturated rings. The van der Waals surface area contributed by atoms with E-state index in [0.29, 0.717) is 0 Å². The van der Waals surface area contributed by atoms with E-state index in [2.05, 4.69) is 0 Å². The van der Waals surface area contributed by atoms with E-state index < -0.39 is 58.2 Å². The van der Waals surface area contributed by atoms with Crippen LogP contribution in [0.1, 0.15) is 0 Å². The van der Waals surface area contributed by atoms with Crippen molar-refractivity contribution in [1.29, 1.82) is 0 Å². The summed E-state index contributed by atoms with van der Waals surface area (Å²) in [7, 11) is 0. The molecule has 0 spiro atoms. The summed E-state index contributed by atoms with van der Waals surface area (Å²) in [6, 6.07) is 2.05. The molecule has 0 saturated carbocycles. The first-order valence-corrected chi connectivity index (χ1v) is 4.89. The SMILES string of the molecule is Fc1[c-]c(F)c(F)c(F)c1F.Fc1[c-]c(F)c(F)c(F)c1F.[Ni].[Ni]. The van der Waals surface area contributed by atoms with E-state index in [-0.39, 0.29) is 33.0 Å². The Balaban J connectivity index is 0. The normalized spacial score (nSPS) is 9.42. The summed E-state index contributed by atoms with van der Waals surface area (Å²) in [5.41, 5.74) is 0. The predicted molar refractivity (Wildman–Crippen MR) is 50.1 cm³/mol. The van der Waals surface area contributed by atoms with E-state index in [1.54, 1.807) is 0 Å². The van der Waals surface area contributed by atoms with E-state index in [4.69, 9.17) is 0 Å². The van der Waals surface area contributed by atoms with Gasteiger partial charge in [0.1, 0.15) is 0 Å². The predicted octanol–water partition coefficient (Wildman–Crippen LogP) is 4.36. The summed E-state index contributed by atoms with van der Waals surface area (Å²) in [4.78, 5) is 0. The molecule has 2 aromatic rings. The van der Waals surface area contributed by atoms with Gasteiger partial charge >= 0.3 is 0 Å². The Morgan fingerprint density at radius 3 is 0.667 bits per heavy atom. The molecule has 2 rings (SSSR count). The van der Waals surface area contributed by atoms with Crippen molar-refractivity contribution in [1.82, 2.24) is 0 Å². The van der Waals surface area contributed by atoms with Crippen molar-refractivity contribution in [3.63, 3.8) is 0 Å². The van der Waals surface area contributed by atoms with E-state index in [9.17, 15) is 43.9 Å². The summed E-state index contributed by atoms with van der Waals surface area (Å²) in [5, 5.41) is 0. The Kier molecular flexibility index (Phi) is 10.3. The summed E-state index contributed by atoms with van der Waals surface area (Å²) in [6.07, 6.45) is 0. The first kappa shape index (κ1) is 25.0. The van der Waals surface area contributed by atoms with Gasteiger partial charge in [-0.05, 0) is 0 Å². The van der Waals surface area contributed by atoms with Crippen molar-refractivity contribution in [2.75, 3.05) is 0 Å². The van der Waals surface area contributed by atoms with Gasteiger partial charge in [0.25, 0.3) is 0 Å². The van der Waals surface area contributed by atoms with Crippen molar-refractivity contribution in [3.8, 4) is 0 Å². The van der Waals surface area contributed by atoms with Crippen LogP contribution in [0.15, 0.2) is 0 Å². The van der Waals surface area contributed by atoms with E-state index in [1.807, 2.05) is 0 Å². The molecule has 0 nitrogen and oxygen atoms in total. The molecule has 0 radical (unpaired) electrons. The fourth-order valence-electron chi connectivity index (χ4n) is 0.990. The fraction of sp³-hybridized carbons (Fsp3) is 0. The van der Waals surface area contributed by atoms with Gasteiger partial charge in [-0.3, -0.25) is 17.6 Å². The third-order valence-corrected chi connectivity index (χ3v) is 1.98. The van der Waals surface area contributed by atoms with Gasteiger partial charge in [-0.25, -0.2) is 26.3 Å². The quantitative estimate of drug-likeness (QED) is 0.184. The third-order valence-electron chi connectivity index (χ3n) is 1.98. The van der Waals surface area contributed by atoms with Gasteiger partial charge in [0.2, 0.25) is 0 Å². The second kappa shape index (κ2) is 9.89. The molecular weight excluding hydrogens is 451 g/mol. The van der Waals surface area contributed by atoms with Gasteiger partial charge < -0.3 is 0 Å². The molecule has 0 heterocycles. The Bertz CT molecular complexity index is 606. The van der Waals surface area contributed by atoms with Gasteiger partial charge in [-0.15, -0.1) is 12.1 Å².